The second-order valence-electron chi connectivity index (χ2n) is 4.91. The van der Waals surface area contributed by atoms with Gasteiger partial charge in [-0.25, -0.2) is 4.39 Å². The van der Waals surface area contributed by atoms with Gasteiger partial charge < -0.3 is 5.32 Å². The molecule has 1 amide bonds. The Hall–Kier alpha value is -0.170. The first-order chi connectivity index (χ1) is 8.35. The van der Waals surface area contributed by atoms with Crippen molar-refractivity contribution in [3.05, 3.63) is 33.1 Å². The largest absolute Gasteiger partial charge is 0.351 e. The van der Waals surface area contributed by atoms with Gasteiger partial charge in [-0.15, -0.1) is 0 Å². The number of nitrogens with one attached hydrogen (secondary N) is 1. The fraction of sp³-hybridized carbons (Fsp3) is 0.462. The molecule has 0 aliphatic rings. The van der Waals surface area contributed by atoms with E-state index in [2.05, 4.69) is 35.1 Å². The van der Waals surface area contributed by atoms with Crippen molar-refractivity contribution in [1.82, 2.24) is 5.32 Å². The summed E-state index contributed by atoms with van der Waals surface area (Å²) >= 11 is 5.37. The van der Waals surface area contributed by atoms with Crippen molar-refractivity contribution in [3.8, 4) is 0 Å². The first-order valence-electron chi connectivity index (χ1n) is 5.65. The molecule has 0 atom stereocenters. The van der Waals surface area contributed by atoms with Gasteiger partial charge in [0.2, 0.25) is 0 Å². The normalized spacial score (nSPS) is 11.4. The number of carbonyl (C=O) groups excluding carboxylic acids is 1. The van der Waals surface area contributed by atoms with Crippen molar-refractivity contribution in [3.63, 3.8) is 0 Å². The monoisotopic (exact) mass is 427 g/mol. The topological polar surface area (TPSA) is 29.1 Å². The van der Waals surface area contributed by atoms with Crippen LogP contribution in [0.25, 0.3) is 0 Å². The molecule has 2 nitrogen and oxygen atoms in total. The molecular weight excluding hydrogens is 412 g/mol. The van der Waals surface area contributed by atoms with Gasteiger partial charge in [-0.1, -0.05) is 29.8 Å². The van der Waals surface area contributed by atoms with Crippen LogP contribution in [0.4, 0.5) is 4.39 Å². The molecule has 100 valence electrons. The third-order valence-electron chi connectivity index (χ3n) is 2.67. The standard InChI is InChI=1S/C13H16BrFINO/c1-13(2,5-6-14)8-17-12(18)10-4-3-9(15)7-11(10)16/h3-4,7H,5-6,8H2,1-2H3,(H,17,18). The number of rotatable bonds is 5. The van der Waals surface area contributed by atoms with Crippen LogP contribution in [0.2, 0.25) is 0 Å². The van der Waals surface area contributed by atoms with Gasteiger partial charge in [0, 0.05) is 15.4 Å². The Morgan fingerprint density at radius 1 is 1.50 bits per heavy atom. The number of halogens is 3. The van der Waals surface area contributed by atoms with Gasteiger partial charge in [-0.3, -0.25) is 4.79 Å². The van der Waals surface area contributed by atoms with Gasteiger partial charge in [0.25, 0.3) is 5.91 Å². The van der Waals surface area contributed by atoms with Crippen molar-refractivity contribution >= 4 is 44.4 Å². The third kappa shape index (κ3) is 4.84. The van der Waals surface area contributed by atoms with E-state index in [1.54, 1.807) is 0 Å². The lowest BCUT2D eigenvalue weighted by Gasteiger charge is -2.24. The van der Waals surface area contributed by atoms with E-state index in [1.807, 2.05) is 22.6 Å². The summed E-state index contributed by atoms with van der Waals surface area (Å²) in [5, 5.41) is 3.80. The SMILES string of the molecule is CC(C)(CCBr)CNC(=O)c1ccc(F)cc1I. The molecule has 0 radical (unpaired) electrons. The van der Waals surface area contributed by atoms with E-state index in [9.17, 15) is 9.18 Å². The zero-order chi connectivity index (χ0) is 13.8. The molecule has 0 fully saturated rings. The molecule has 0 aromatic heterocycles. The second kappa shape index (κ2) is 6.84. The van der Waals surface area contributed by atoms with E-state index in [0.29, 0.717) is 15.7 Å². The molecule has 0 bridgehead atoms. The van der Waals surface area contributed by atoms with E-state index in [-0.39, 0.29) is 17.1 Å². The summed E-state index contributed by atoms with van der Waals surface area (Å²) in [5.41, 5.74) is 0.566. The van der Waals surface area contributed by atoms with Gasteiger partial charge in [0.1, 0.15) is 5.82 Å². The lowest BCUT2D eigenvalue weighted by molar-refractivity contribution is 0.0935. The van der Waals surface area contributed by atoms with Crippen LogP contribution in [0, 0.1) is 14.8 Å². The van der Waals surface area contributed by atoms with Gasteiger partial charge in [0.15, 0.2) is 0 Å². The smallest absolute Gasteiger partial charge is 0.252 e. The number of alkyl halides is 1. The summed E-state index contributed by atoms with van der Waals surface area (Å²) in [6.45, 7) is 4.80. The molecule has 0 spiro atoms. The van der Waals surface area contributed by atoms with Crippen LogP contribution in [0.15, 0.2) is 18.2 Å². The number of benzene rings is 1. The number of hydrogen-bond donors (Lipinski definition) is 1. The van der Waals surface area contributed by atoms with Gasteiger partial charge in [0.05, 0.1) is 5.56 Å². The maximum absolute atomic E-state index is 12.9. The van der Waals surface area contributed by atoms with Gasteiger partial charge >= 0.3 is 0 Å². The van der Waals surface area contributed by atoms with Crippen LogP contribution in [0.1, 0.15) is 30.6 Å². The van der Waals surface area contributed by atoms with E-state index < -0.39 is 0 Å². The van der Waals surface area contributed by atoms with Crippen LogP contribution in [0.3, 0.4) is 0 Å². The molecule has 0 saturated heterocycles. The molecule has 1 aromatic rings. The highest BCUT2D eigenvalue weighted by molar-refractivity contribution is 14.1. The van der Waals surface area contributed by atoms with E-state index in [0.717, 1.165) is 11.8 Å². The molecule has 0 aliphatic heterocycles. The Morgan fingerprint density at radius 2 is 2.17 bits per heavy atom. The zero-order valence-electron chi connectivity index (χ0n) is 10.4. The summed E-state index contributed by atoms with van der Waals surface area (Å²) in [6.07, 6.45) is 0.980. The number of amides is 1. The van der Waals surface area contributed by atoms with Crippen LogP contribution >= 0.6 is 38.5 Å². The fourth-order valence-electron chi connectivity index (χ4n) is 1.43. The lowest BCUT2D eigenvalue weighted by atomic mass is 9.90. The Morgan fingerprint density at radius 3 is 2.72 bits per heavy atom. The minimum absolute atomic E-state index is 0.0463. The van der Waals surface area contributed by atoms with E-state index in [4.69, 9.17) is 0 Å². The van der Waals surface area contributed by atoms with Crippen molar-refractivity contribution in [1.29, 1.82) is 0 Å². The maximum Gasteiger partial charge on any atom is 0.252 e. The highest BCUT2D eigenvalue weighted by Gasteiger charge is 2.19. The third-order valence-corrected chi connectivity index (χ3v) is 3.96. The average Bonchev–Trinajstić information content (AvgIpc) is 2.26. The minimum Gasteiger partial charge on any atom is -0.351 e. The van der Waals surface area contributed by atoms with Crippen LogP contribution in [-0.4, -0.2) is 17.8 Å². The van der Waals surface area contributed by atoms with Gasteiger partial charge in [-0.2, -0.15) is 0 Å². The molecule has 1 aromatic carbocycles. The first-order valence-corrected chi connectivity index (χ1v) is 7.85. The van der Waals surface area contributed by atoms with Crippen molar-refractivity contribution in [2.24, 2.45) is 5.41 Å². The highest BCUT2D eigenvalue weighted by Crippen LogP contribution is 2.20. The molecule has 0 aliphatic carbocycles. The van der Waals surface area contributed by atoms with E-state index >= 15 is 0 Å². The summed E-state index contributed by atoms with van der Waals surface area (Å²) in [7, 11) is 0. The first kappa shape index (κ1) is 15.9. The summed E-state index contributed by atoms with van der Waals surface area (Å²) < 4.78 is 13.6. The predicted octanol–water partition coefficient (Wildman–Crippen LogP) is 3.97. The minimum atomic E-state index is -0.324. The second-order valence-corrected chi connectivity index (χ2v) is 6.87. The maximum atomic E-state index is 12.9. The zero-order valence-corrected chi connectivity index (χ0v) is 14.1. The summed E-state index contributed by atoms with van der Waals surface area (Å²) in [5.74, 6) is -0.474. The quantitative estimate of drug-likeness (QED) is 0.559. The molecule has 5 heteroatoms. The van der Waals surface area contributed by atoms with Gasteiger partial charge in [-0.05, 0) is 52.6 Å². The van der Waals surface area contributed by atoms with Crippen molar-refractivity contribution in [2.45, 2.75) is 20.3 Å². The van der Waals surface area contributed by atoms with E-state index in [1.165, 1.54) is 18.2 Å². The number of hydrogen-bond acceptors (Lipinski definition) is 1. The predicted molar refractivity (Wildman–Crippen MR) is 83.6 cm³/mol. The van der Waals surface area contributed by atoms with Crippen LogP contribution in [-0.2, 0) is 0 Å². The van der Waals surface area contributed by atoms with Crippen molar-refractivity contribution < 1.29 is 9.18 Å². The molecule has 0 unspecified atom stereocenters. The fourth-order valence-corrected chi connectivity index (χ4v) is 3.23. The van der Waals surface area contributed by atoms with Crippen LogP contribution in [0.5, 0.6) is 0 Å². The Labute approximate surface area is 129 Å². The lowest BCUT2D eigenvalue weighted by Crippen LogP contribution is -2.34. The molecule has 0 saturated carbocycles. The Bertz CT molecular complexity index is 437. The molecule has 1 N–H and O–H groups in total. The Kier molecular flexibility index (Phi) is 6.04. The average molecular weight is 428 g/mol. The highest BCUT2D eigenvalue weighted by atomic mass is 127. The molecule has 18 heavy (non-hydrogen) atoms. The Balaban J connectivity index is 2.66. The molecular formula is C13H16BrFINO. The number of carbonyl (C=O) groups is 1. The summed E-state index contributed by atoms with van der Waals surface area (Å²) in [6, 6.07) is 4.18. The molecule has 1 rings (SSSR count). The molecule has 0 heterocycles. The summed E-state index contributed by atoms with van der Waals surface area (Å²) in [4.78, 5) is 12.0. The van der Waals surface area contributed by atoms with Crippen molar-refractivity contribution in [2.75, 3.05) is 11.9 Å². The van der Waals surface area contributed by atoms with Crippen LogP contribution < -0.4 is 5.32 Å².